The molecule has 2 aromatic heterocycles. The highest BCUT2D eigenvalue weighted by molar-refractivity contribution is 6.28. The number of ether oxygens (including phenoxy) is 1. The van der Waals surface area contributed by atoms with Gasteiger partial charge < -0.3 is 14.2 Å². The minimum Gasteiger partial charge on any atom is -0.453 e. The largest absolute Gasteiger partial charge is 0.453 e. The normalized spacial score (nSPS) is 15.1. The van der Waals surface area contributed by atoms with E-state index in [-0.39, 0.29) is 17.4 Å². The molecule has 10 heteroatoms. The van der Waals surface area contributed by atoms with Crippen LogP contribution in [0, 0.1) is 6.92 Å². The van der Waals surface area contributed by atoms with E-state index in [4.69, 9.17) is 16.3 Å². The third-order valence-corrected chi connectivity index (χ3v) is 5.28. The number of benzene rings is 1. The second-order valence-corrected chi connectivity index (χ2v) is 7.48. The minimum atomic E-state index is -0.299. The van der Waals surface area contributed by atoms with Crippen LogP contribution in [0.5, 0.6) is 0 Å². The lowest BCUT2D eigenvalue weighted by Gasteiger charge is -2.31. The number of aromatic nitrogens is 4. The molecule has 3 heterocycles. The topological polar surface area (TPSA) is 97.5 Å². The molecule has 1 fully saturated rings. The number of carbonyl (C=O) groups excluding carboxylic acids is 1. The first-order valence-corrected chi connectivity index (χ1v) is 10.0. The molecule has 1 aliphatic heterocycles. The Morgan fingerprint density at radius 2 is 2.13 bits per heavy atom. The van der Waals surface area contributed by atoms with Gasteiger partial charge in [-0.25, -0.2) is 9.78 Å². The number of piperidine rings is 1. The second kappa shape index (κ2) is 8.66. The van der Waals surface area contributed by atoms with Gasteiger partial charge in [-0.2, -0.15) is 15.1 Å². The van der Waals surface area contributed by atoms with Crippen LogP contribution >= 0.6 is 11.6 Å². The van der Waals surface area contributed by atoms with Gasteiger partial charge in [0.2, 0.25) is 5.28 Å². The molecular formula is C20H22ClN7O2. The highest BCUT2D eigenvalue weighted by Crippen LogP contribution is 2.29. The molecule has 1 N–H and O–H groups in total. The van der Waals surface area contributed by atoms with Gasteiger partial charge in [-0.1, -0.05) is 29.8 Å². The van der Waals surface area contributed by atoms with Gasteiger partial charge in [0.25, 0.3) is 0 Å². The molecule has 1 aliphatic rings. The van der Waals surface area contributed by atoms with Crippen molar-refractivity contribution in [2.24, 2.45) is 5.10 Å². The number of rotatable bonds is 4. The molecule has 1 aromatic carbocycles. The van der Waals surface area contributed by atoms with E-state index in [0.717, 1.165) is 24.0 Å². The van der Waals surface area contributed by atoms with E-state index in [0.29, 0.717) is 30.1 Å². The molecule has 0 aliphatic carbocycles. The molecule has 0 bridgehead atoms. The molecule has 0 spiro atoms. The molecule has 30 heavy (non-hydrogen) atoms. The molecule has 0 radical (unpaired) electrons. The van der Waals surface area contributed by atoms with Crippen molar-refractivity contribution in [2.45, 2.75) is 25.8 Å². The third-order valence-electron chi connectivity index (χ3n) is 5.11. The Morgan fingerprint density at radius 1 is 1.33 bits per heavy atom. The summed E-state index contributed by atoms with van der Waals surface area (Å²) in [6.07, 6.45) is 4.71. The number of halogens is 1. The zero-order valence-corrected chi connectivity index (χ0v) is 17.5. The fraction of sp³-hybridized carbons (Fsp3) is 0.350. The van der Waals surface area contributed by atoms with Gasteiger partial charge in [0.15, 0.2) is 17.0 Å². The molecular weight excluding hydrogens is 406 g/mol. The third kappa shape index (κ3) is 4.20. The van der Waals surface area contributed by atoms with Crippen molar-refractivity contribution in [3.05, 3.63) is 47.0 Å². The molecule has 1 saturated heterocycles. The Labute approximate surface area is 178 Å². The molecule has 9 nitrogen and oxygen atoms in total. The van der Waals surface area contributed by atoms with E-state index in [9.17, 15) is 4.79 Å². The maximum atomic E-state index is 11.7. The Morgan fingerprint density at radius 3 is 2.87 bits per heavy atom. The maximum Gasteiger partial charge on any atom is 0.409 e. The fourth-order valence-corrected chi connectivity index (χ4v) is 3.77. The number of hydrogen-bond donors (Lipinski definition) is 1. The molecule has 0 atom stereocenters. The number of amides is 1. The van der Waals surface area contributed by atoms with E-state index in [1.165, 1.54) is 7.11 Å². The second-order valence-electron chi connectivity index (χ2n) is 7.14. The Balaban J connectivity index is 1.54. The van der Waals surface area contributed by atoms with Gasteiger partial charge in [-0.3, -0.25) is 5.43 Å². The first-order chi connectivity index (χ1) is 14.5. The number of methoxy groups -OCH3 is 1. The lowest BCUT2D eigenvalue weighted by atomic mass is 10.1. The van der Waals surface area contributed by atoms with Gasteiger partial charge in [0.05, 0.1) is 19.7 Å². The summed E-state index contributed by atoms with van der Waals surface area (Å²) in [5.74, 6) is 0.444. The number of aryl methyl sites for hydroxylation is 1. The lowest BCUT2D eigenvalue weighted by Crippen LogP contribution is -2.38. The number of fused-ring (bicyclic) bond motifs is 1. The van der Waals surface area contributed by atoms with E-state index in [2.05, 4.69) is 25.5 Å². The summed E-state index contributed by atoms with van der Waals surface area (Å²) in [6, 6.07) is 8.16. The zero-order chi connectivity index (χ0) is 21.1. The van der Waals surface area contributed by atoms with Gasteiger partial charge in [-0.05, 0) is 36.9 Å². The van der Waals surface area contributed by atoms with Crippen molar-refractivity contribution in [2.75, 3.05) is 25.6 Å². The number of likely N-dealkylation sites (tertiary alicyclic amines) is 1. The van der Waals surface area contributed by atoms with Crippen molar-refractivity contribution in [3.8, 4) is 0 Å². The van der Waals surface area contributed by atoms with E-state index < -0.39 is 0 Å². The number of carbonyl (C=O) groups is 1. The SMILES string of the molecule is COC(=O)N1CCC(n2cnc3c(N/N=C/c4cccc(C)c4)nc(Cl)nc32)CC1. The predicted molar refractivity (Wildman–Crippen MR) is 115 cm³/mol. The smallest absolute Gasteiger partial charge is 0.409 e. The van der Waals surface area contributed by atoms with Crippen LogP contribution in [0.15, 0.2) is 35.7 Å². The number of hydrogen-bond acceptors (Lipinski definition) is 7. The van der Waals surface area contributed by atoms with Crippen molar-refractivity contribution in [1.82, 2.24) is 24.4 Å². The number of anilines is 1. The van der Waals surface area contributed by atoms with Crippen molar-refractivity contribution in [1.29, 1.82) is 0 Å². The van der Waals surface area contributed by atoms with E-state index in [1.807, 2.05) is 35.8 Å². The minimum absolute atomic E-state index is 0.115. The van der Waals surface area contributed by atoms with E-state index >= 15 is 0 Å². The van der Waals surface area contributed by atoms with Crippen LogP contribution in [0.4, 0.5) is 10.6 Å². The van der Waals surface area contributed by atoms with Crippen molar-refractivity contribution >= 4 is 40.9 Å². The summed E-state index contributed by atoms with van der Waals surface area (Å²) in [7, 11) is 1.40. The molecule has 0 saturated carbocycles. The molecule has 4 rings (SSSR count). The summed E-state index contributed by atoms with van der Waals surface area (Å²) in [4.78, 5) is 26.5. The number of hydrazone groups is 1. The summed E-state index contributed by atoms with van der Waals surface area (Å²) >= 11 is 6.17. The zero-order valence-electron chi connectivity index (χ0n) is 16.7. The summed E-state index contributed by atoms with van der Waals surface area (Å²) in [5, 5.41) is 4.39. The van der Waals surface area contributed by atoms with Crippen LogP contribution < -0.4 is 5.43 Å². The molecule has 3 aromatic rings. The van der Waals surface area contributed by atoms with Crippen LogP contribution in [0.25, 0.3) is 11.2 Å². The van der Waals surface area contributed by atoms with Gasteiger partial charge >= 0.3 is 6.09 Å². The summed E-state index contributed by atoms with van der Waals surface area (Å²) < 4.78 is 6.79. The molecule has 0 unspecified atom stereocenters. The summed E-state index contributed by atoms with van der Waals surface area (Å²) in [6.45, 7) is 3.25. The van der Waals surface area contributed by atoms with Gasteiger partial charge in [-0.15, -0.1) is 0 Å². The Kier molecular flexibility index (Phi) is 5.80. The van der Waals surface area contributed by atoms with Crippen LogP contribution in [0.2, 0.25) is 5.28 Å². The first kappa shape index (κ1) is 20.1. The van der Waals surface area contributed by atoms with E-state index in [1.54, 1.807) is 17.4 Å². The van der Waals surface area contributed by atoms with Crippen molar-refractivity contribution < 1.29 is 9.53 Å². The highest BCUT2D eigenvalue weighted by atomic mass is 35.5. The van der Waals surface area contributed by atoms with Crippen LogP contribution in [-0.2, 0) is 4.74 Å². The average molecular weight is 428 g/mol. The Bertz CT molecular complexity index is 1090. The monoisotopic (exact) mass is 427 g/mol. The summed E-state index contributed by atoms with van der Waals surface area (Å²) in [5.41, 5.74) is 6.29. The number of nitrogens with zero attached hydrogens (tertiary/aromatic N) is 6. The molecule has 1 amide bonds. The Hall–Kier alpha value is -3.20. The van der Waals surface area contributed by atoms with Gasteiger partial charge in [0.1, 0.15) is 0 Å². The maximum absolute atomic E-state index is 11.7. The van der Waals surface area contributed by atoms with Gasteiger partial charge in [0, 0.05) is 19.1 Å². The number of nitrogens with one attached hydrogen (secondary N) is 1. The lowest BCUT2D eigenvalue weighted by molar-refractivity contribution is 0.107. The standard InChI is InChI=1S/C20H22ClN7O2/c1-13-4-3-5-14(10-13)11-23-26-17-16-18(25-19(21)24-17)28(12-22-16)15-6-8-27(9-7-15)20(29)30-2/h3-5,10-12,15H,6-9H2,1-2H3,(H,24,25,26)/b23-11+. The fourth-order valence-electron chi connectivity index (χ4n) is 3.61. The first-order valence-electron chi connectivity index (χ1n) is 9.64. The predicted octanol–water partition coefficient (Wildman–Crippen LogP) is 3.64. The highest BCUT2D eigenvalue weighted by Gasteiger charge is 2.26. The van der Waals surface area contributed by atoms with Crippen LogP contribution in [-0.4, -0.2) is 56.9 Å². The average Bonchev–Trinajstić information content (AvgIpc) is 3.17. The number of imidazole rings is 1. The van der Waals surface area contributed by atoms with Crippen LogP contribution in [0.3, 0.4) is 0 Å². The van der Waals surface area contributed by atoms with Crippen LogP contribution in [0.1, 0.15) is 30.0 Å². The van der Waals surface area contributed by atoms with Crippen molar-refractivity contribution in [3.63, 3.8) is 0 Å². The molecule has 156 valence electrons. The quantitative estimate of drug-likeness (QED) is 0.388.